The van der Waals surface area contributed by atoms with Crippen LogP contribution in [0.3, 0.4) is 0 Å². The number of nitrogens with zero attached hydrogens (tertiary/aromatic N) is 2. The molecule has 0 N–H and O–H groups in total. The normalized spacial score (nSPS) is 23.8. The van der Waals surface area contributed by atoms with E-state index in [1.807, 2.05) is 11.1 Å². The summed E-state index contributed by atoms with van der Waals surface area (Å²) >= 11 is 12.5. The lowest BCUT2D eigenvalue weighted by Crippen LogP contribution is -2.36. The number of likely N-dealkylation sites (tertiary alicyclic amines) is 2. The Morgan fingerprint density at radius 1 is 0.750 bits per heavy atom. The topological polar surface area (TPSA) is 40.6 Å². The first-order valence-corrected chi connectivity index (χ1v) is 9.41. The van der Waals surface area contributed by atoms with Crippen LogP contribution in [0.15, 0.2) is 33.6 Å². The molecule has 2 fully saturated rings. The first-order valence-electron chi connectivity index (χ1n) is 8.65. The van der Waals surface area contributed by atoms with Gasteiger partial charge < -0.3 is 9.80 Å². The number of hydrogen-bond acceptors (Lipinski definition) is 4. The quantitative estimate of drug-likeness (QED) is 0.714. The zero-order valence-corrected chi connectivity index (χ0v) is 15.2. The van der Waals surface area contributed by atoms with E-state index in [2.05, 4.69) is 4.90 Å². The van der Waals surface area contributed by atoms with E-state index in [-0.39, 0.29) is 32.9 Å². The van der Waals surface area contributed by atoms with Crippen LogP contribution in [0.2, 0.25) is 0 Å². The number of Topliss-reactive ketones (excluding diaryl/α,β-unsaturated/α-hetero) is 2. The largest absolute Gasteiger partial charge is 0.377 e. The zero-order valence-electron chi connectivity index (χ0n) is 13.7. The molecule has 0 atom stereocenters. The SMILES string of the molecule is O=C1C(Cl)=C(N2CCCCC2)C(=O)C(Cl)=C1C=CN1CCCCC1. The Kier molecular flexibility index (Phi) is 5.67. The van der Waals surface area contributed by atoms with E-state index in [9.17, 15) is 9.59 Å². The molecule has 0 amide bonds. The first kappa shape index (κ1) is 17.6. The molecule has 3 rings (SSSR count). The first-order chi connectivity index (χ1) is 11.6. The molecule has 2 saturated heterocycles. The average Bonchev–Trinajstić information content (AvgIpc) is 2.62. The van der Waals surface area contributed by atoms with Crippen LogP contribution in [0.5, 0.6) is 0 Å². The van der Waals surface area contributed by atoms with Gasteiger partial charge in [-0.2, -0.15) is 0 Å². The van der Waals surface area contributed by atoms with Crippen molar-refractivity contribution >= 4 is 34.8 Å². The van der Waals surface area contributed by atoms with Crippen molar-refractivity contribution < 1.29 is 9.59 Å². The second-order valence-corrected chi connectivity index (χ2v) is 7.26. The third kappa shape index (κ3) is 3.55. The lowest BCUT2D eigenvalue weighted by atomic mass is 9.98. The predicted molar refractivity (Wildman–Crippen MR) is 95.8 cm³/mol. The van der Waals surface area contributed by atoms with Crippen LogP contribution in [0.4, 0.5) is 0 Å². The van der Waals surface area contributed by atoms with Crippen molar-refractivity contribution in [3.63, 3.8) is 0 Å². The van der Waals surface area contributed by atoms with Crippen LogP contribution < -0.4 is 0 Å². The van der Waals surface area contributed by atoms with Crippen LogP contribution in [-0.2, 0) is 9.59 Å². The van der Waals surface area contributed by atoms with E-state index in [0.717, 1.165) is 58.3 Å². The van der Waals surface area contributed by atoms with Gasteiger partial charge >= 0.3 is 0 Å². The van der Waals surface area contributed by atoms with Crippen LogP contribution in [0.25, 0.3) is 0 Å². The highest BCUT2D eigenvalue weighted by Crippen LogP contribution is 2.33. The number of hydrogen-bond donors (Lipinski definition) is 0. The molecule has 6 heteroatoms. The standard InChI is InChI=1S/C18H22Cl2N2O2/c19-14-13(7-12-21-8-3-1-4-9-21)17(23)15(20)16(18(14)24)22-10-5-2-6-11-22/h7,12H,1-6,8-11H2. The molecule has 24 heavy (non-hydrogen) atoms. The number of ketones is 2. The van der Waals surface area contributed by atoms with Crippen LogP contribution in [0, 0.1) is 0 Å². The van der Waals surface area contributed by atoms with Crippen molar-refractivity contribution in [2.75, 3.05) is 26.2 Å². The van der Waals surface area contributed by atoms with E-state index >= 15 is 0 Å². The van der Waals surface area contributed by atoms with Crippen molar-refractivity contribution in [3.8, 4) is 0 Å². The minimum atomic E-state index is -0.352. The van der Waals surface area contributed by atoms with E-state index < -0.39 is 0 Å². The summed E-state index contributed by atoms with van der Waals surface area (Å²) in [7, 11) is 0. The molecule has 1 aliphatic carbocycles. The van der Waals surface area contributed by atoms with Gasteiger partial charge in [0.1, 0.15) is 15.8 Å². The van der Waals surface area contributed by atoms with Gasteiger partial charge in [0, 0.05) is 31.8 Å². The van der Waals surface area contributed by atoms with E-state index in [0.29, 0.717) is 0 Å². The minimum absolute atomic E-state index is 0.00425. The van der Waals surface area contributed by atoms with Crippen molar-refractivity contribution in [2.45, 2.75) is 38.5 Å². The highest BCUT2D eigenvalue weighted by molar-refractivity contribution is 6.56. The van der Waals surface area contributed by atoms with E-state index in [1.54, 1.807) is 6.08 Å². The van der Waals surface area contributed by atoms with Gasteiger partial charge in [0.2, 0.25) is 11.6 Å². The molecular weight excluding hydrogens is 347 g/mol. The summed E-state index contributed by atoms with van der Waals surface area (Å²) in [6.45, 7) is 3.42. The maximum Gasteiger partial charge on any atom is 0.222 e. The predicted octanol–water partition coefficient (Wildman–Crippen LogP) is 3.57. The maximum atomic E-state index is 12.7. The lowest BCUT2D eigenvalue weighted by molar-refractivity contribution is -0.116. The highest BCUT2D eigenvalue weighted by atomic mass is 35.5. The van der Waals surface area contributed by atoms with Crippen molar-refractivity contribution in [1.82, 2.24) is 9.80 Å². The Bertz CT molecular complexity index is 625. The van der Waals surface area contributed by atoms with Crippen molar-refractivity contribution in [2.24, 2.45) is 0 Å². The molecule has 0 radical (unpaired) electrons. The monoisotopic (exact) mass is 368 g/mol. The molecule has 0 saturated carbocycles. The summed E-state index contributed by atoms with van der Waals surface area (Å²) in [5.41, 5.74) is 0.486. The molecule has 0 aromatic rings. The number of piperidine rings is 2. The number of halogens is 2. The number of carbonyl (C=O) groups excluding carboxylic acids is 2. The summed E-state index contributed by atoms with van der Waals surface area (Å²) in [6.07, 6.45) is 10.2. The van der Waals surface area contributed by atoms with Crippen molar-refractivity contribution in [3.05, 3.63) is 33.6 Å². The number of allylic oxidation sites excluding steroid dienone is 4. The van der Waals surface area contributed by atoms with Gasteiger partial charge in [-0.3, -0.25) is 9.59 Å². The molecule has 0 bridgehead atoms. The van der Waals surface area contributed by atoms with Crippen LogP contribution in [-0.4, -0.2) is 47.5 Å². The molecule has 0 unspecified atom stereocenters. The van der Waals surface area contributed by atoms with Gasteiger partial charge in [-0.05, 0) is 50.8 Å². The average molecular weight is 369 g/mol. The summed E-state index contributed by atoms with van der Waals surface area (Å²) < 4.78 is 0. The molecule has 130 valence electrons. The maximum absolute atomic E-state index is 12.7. The second-order valence-electron chi connectivity index (χ2n) is 6.51. The molecule has 0 aromatic heterocycles. The van der Waals surface area contributed by atoms with Gasteiger partial charge in [0.15, 0.2) is 0 Å². The summed E-state index contributed by atoms with van der Waals surface area (Å²) in [5.74, 6) is -0.684. The molecule has 3 aliphatic rings. The van der Waals surface area contributed by atoms with Gasteiger partial charge in [0.25, 0.3) is 0 Å². The minimum Gasteiger partial charge on any atom is -0.377 e. The summed E-state index contributed by atoms with van der Waals surface area (Å²) in [6, 6.07) is 0. The second kappa shape index (κ2) is 7.75. The zero-order chi connectivity index (χ0) is 17.1. The Labute approximate surface area is 152 Å². The molecule has 0 spiro atoms. The fourth-order valence-corrected chi connectivity index (χ4v) is 3.99. The summed E-state index contributed by atoms with van der Waals surface area (Å²) in [5, 5.41) is -0.0113. The Hall–Kier alpha value is -1.26. The summed E-state index contributed by atoms with van der Waals surface area (Å²) in [4.78, 5) is 29.3. The van der Waals surface area contributed by atoms with Crippen molar-refractivity contribution in [1.29, 1.82) is 0 Å². The van der Waals surface area contributed by atoms with E-state index in [4.69, 9.17) is 23.2 Å². The molecule has 2 heterocycles. The smallest absolute Gasteiger partial charge is 0.222 e. The van der Waals surface area contributed by atoms with Gasteiger partial charge in [0.05, 0.1) is 0 Å². The van der Waals surface area contributed by atoms with Gasteiger partial charge in [-0.25, -0.2) is 0 Å². The number of rotatable bonds is 3. The molecular formula is C18H22Cl2N2O2. The molecule has 4 nitrogen and oxygen atoms in total. The Morgan fingerprint density at radius 2 is 1.33 bits per heavy atom. The molecule has 0 aromatic carbocycles. The Balaban J connectivity index is 1.82. The number of carbonyl (C=O) groups is 2. The Morgan fingerprint density at radius 3 is 1.96 bits per heavy atom. The van der Waals surface area contributed by atoms with Crippen LogP contribution in [0.1, 0.15) is 38.5 Å². The molecule has 2 aliphatic heterocycles. The fraction of sp³-hybridized carbons (Fsp3) is 0.556. The third-order valence-electron chi connectivity index (χ3n) is 4.82. The lowest BCUT2D eigenvalue weighted by Gasteiger charge is -2.32. The third-order valence-corrected chi connectivity index (χ3v) is 5.54. The van der Waals surface area contributed by atoms with Crippen LogP contribution >= 0.6 is 23.2 Å². The van der Waals surface area contributed by atoms with Gasteiger partial charge in [-0.15, -0.1) is 0 Å². The van der Waals surface area contributed by atoms with E-state index in [1.165, 1.54) is 6.42 Å². The van der Waals surface area contributed by atoms with Gasteiger partial charge in [-0.1, -0.05) is 23.2 Å². The fourth-order valence-electron chi connectivity index (χ4n) is 3.45. The highest BCUT2D eigenvalue weighted by Gasteiger charge is 2.35.